The third kappa shape index (κ3) is 4.11. The molecule has 1 saturated heterocycles. The van der Waals surface area contributed by atoms with Crippen molar-refractivity contribution in [2.75, 3.05) is 13.2 Å². The zero-order chi connectivity index (χ0) is 21.3. The first-order valence-corrected chi connectivity index (χ1v) is 10.4. The molecule has 0 radical (unpaired) electrons. The number of esters is 1. The van der Waals surface area contributed by atoms with Crippen LogP contribution in [0.15, 0.2) is 40.9 Å². The van der Waals surface area contributed by atoms with E-state index in [1.54, 1.807) is 12.1 Å². The van der Waals surface area contributed by atoms with E-state index in [0.29, 0.717) is 38.2 Å². The molecule has 2 aromatic rings. The molecule has 8 heteroatoms. The van der Waals surface area contributed by atoms with Gasteiger partial charge in [0, 0.05) is 16.6 Å². The Kier molecular flexibility index (Phi) is 5.87. The van der Waals surface area contributed by atoms with Gasteiger partial charge in [-0.3, -0.25) is 9.69 Å². The summed E-state index contributed by atoms with van der Waals surface area (Å²) in [5, 5.41) is 9.15. The average molecular weight is 474 g/mol. The Bertz CT molecular complexity index is 1020. The molecule has 7 nitrogen and oxygen atoms in total. The van der Waals surface area contributed by atoms with E-state index in [2.05, 4.69) is 15.9 Å². The molecule has 0 aromatic heterocycles. The number of halogens is 1. The van der Waals surface area contributed by atoms with Gasteiger partial charge in [0.25, 0.3) is 0 Å². The summed E-state index contributed by atoms with van der Waals surface area (Å²) in [6.45, 7) is 0.724. The summed E-state index contributed by atoms with van der Waals surface area (Å²) >= 11 is 3.47. The Morgan fingerprint density at radius 1 is 1.10 bits per heavy atom. The lowest BCUT2D eigenvalue weighted by molar-refractivity contribution is -0.147. The molecule has 1 atom stereocenters. The summed E-state index contributed by atoms with van der Waals surface area (Å²) < 4.78 is 11.9. The molecule has 1 fully saturated rings. The maximum Gasteiger partial charge on any atom is 0.408 e. The van der Waals surface area contributed by atoms with Crippen molar-refractivity contribution in [2.45, 2.75) is 32.1 Å². The van der Waals surface area contributed by atoms with Crippen LogP contribution in [0.25, 0.3) is 11.1 Å². The van der Waals surface area contributed by atoms with Gasteiger partial charge in [-0.2, -0.15) is 0 Å². The van der Waals surface area contributed by atoms with Crippen molar-refractivity contribution in [2.24, 2.45) is 0 Å². The topological polar surface area (TPSA) is 93.1 Å². The van der Waals surface area contributed by atoms with E-state index in [9.17, 15) is 14.4 Å². The van der Waals surface area contributed by atoms with Crippen LogP contribution in [0.4, 0.5) is 4.79 Å². The molecular formula is C22H20BrNO6. The van der Waals surface area contributed by atoms with E-state index in [0.717, 1.165) is 31.6 Å². The molecule has 2 aliphatic rings. The highest BCUT2D eigenvalue weighted by Crippen LogP contribution is 2.33. The van der Waals surface area contributed by atoms with Gasteiger partial charge < -0.3 is 14.6 Å². The fourth-order valence-corrected chi connectivity index (χ4v) is 4.33. The Morgan fingerprint density at radius 2 is 1.80 bits per heavy atom. The van der Waals surface area contributed by atoms with Gasteiger partial charge in [0.1, 0.15) is 6.04 Å². The molecule has 1 amide bonds. The molecule has 30 heavy (non-hydrogen) atoms. The minimum atomic E-state index is -1.15. The minimum absolute atomic E-state index is 0.298. The number of Topliss-reactive ketones (excluding diaryl/α,β-unsaturated/α-hetero) is 1. The molecule has 1 N–H and O–H groups in total. The molecular weight excluding hydrogens is 454 g/mol. The number of ketones is 1. The SMILES string of the molecule is O=C(COC(=O)C1CCCN1C(=O)O)c1ccc2c(c1)COCc1cc(Br)ccc1-2. The lowest BCUT2D eigenvalue weighted by Gasteiger charge is -2.19. The predicted molar refractivity (Wildman–Crippen MR) is 111 cm³/mol. The van der Waals surface area contributed by atoms with Crippen LogP contribution in [0.3, 0.4) is 0 Å². The number of ether oxygens (including phenoxy) is 2. The van der Waals surface area contributed by atoms with Crippen molar-refractivity contribution in [1.82, 2.24) is 4.90 Å². The van der Waals surface area contributed by atoms with E-state index < -0.39 is 24.7 Å². The first-order valence-electron chi connectivity index (χ1n) is 9.63. The normalized spacial score (nSPS) is 17.6. The van der Waals surface area contributed by atoms with Gasteiger partial charge in [-0.15, -0.1) is 0 Å². The average Bonchev–Trinajstić information content (AvgIpc) is 3.15. The van der Waals surface area contributed by atoms with Gasteiger partial charge in [-0.1, -0.05) is 34.1 Å². The highest BCUT2D eigenvalue weighted by molar-refractivity contribution is 9.10. The van der Waals surface area contributed by atoms with E-state index in [1.165, 1.54) is 0 Å². The second-order valence-electron chi connectivity index (χ2n) is 7.33. The third-order valence-electron chi connectivity index (χ3n) is 5.42. The Hall–Kier alpha value is -2.71. The van der Waals surface area contributed by atoms with Crippen LogP contribution < -0.4 is 0 Å². The van der Waals surface area contributed by atoms with Crippen molar-refractivity contribution >= 4 is 33.8 Å². The van der Waals surface area contributed by atoms with Crippen LogP contribution in [-0.2, 0) is 27.5 Å². The Labute approximate surface area is 181 Å². The summed E-state index contributed by atoms with van der Waals surface area (Å²) in [5.74, 6) is -1.02. The molecule has 0 aliphatic carbocycles. The summed E-state index contributed by atoms with van der Waals surface area (Å²) in [6, 6.07) is 10.5. The largest absolute Gasteiger partial charge is 0.465 e. The molecule has 4 rings (SSSR count). The van der Waals surface area contributed by atoms with Crippen molar-refractivity contribution in [3.63, 3.8) is 0 Å². The van der Waals surface area contributed by atoms with E-state index in [4.69, 9.17) is 14.6 Å². The maximum absolute atomic E-state index is 12.6. The van der Waals surface area contributed by atoms with Gasteiger partial charge in [-0.25, -0.2) is 9.59 Å². The van der Waals surface area contributed by atoms with Gasteiger partial charge >= 0.3 is 12.1 Å². The first kappa shape index (κ1) is 20.6. The highest BCUT2D eigenvalue weighted by Gasteiger charge is 2.35. The summed E-state index contributed by atoms with van der Waals surface area (Å²) in [5.41, 5.74) is 4.45. The molecule has 156 valence electrons. The first-order chi connectivity index (χ1) is 14.4. The van der Waals surface area contributed by atoms with Crippen LogP contribution in [0, 0.1) is 0 Å². The molecule has 2 heterocycles. The lowest BCUT2D eigenvalue weighted by Crippen LogP contribution is -2.41. The number of nitrogens with zero attached hydrogens (tertiary/aromatic N) is 1. The Balaban J connectivity index is 1.47. The molecule has 2 aromatic carbocycles. The van der Waals surface area contributed by atoms with Crippen molar-refractivity contribution < 1.29 is 29.0 Å². The van der Waals surface area contributed by atoms with Crippen molar-refractivity contribution in [3.05, 3.63) is 57.6 Å². The number of carbonyl (C=O) groups excluding carboxylic acids is 2. The predicted octanol–water partition coefficient (Wildman–Crippen LogP) is 4.01. The van der Waals surface area contributed by atoms with Gasteiger partial charge in [0.2, 0.25) is 0 Å². The molecule has 0 spiro atoms. The number of rotatable bonds is 4. The quantitative estimate of drug-likeness (QED) is 0.532. The molecule has 0 saturated carbocycles. The van der Waals surface area contributed by atoms with E-state index in [-0.39, 0.29) is 5.78 Å². The zero-order valence-corrected chi connectivity index (χ0v) is 17.7. The number of benzene rings is 2. The number of likely N-dealkylation sites (tertiary alicyclic amines) is 1. The summed E-state index contributed by atoms with van der Waals surface area (Å²) in [4.78, 5) is 37.1. The second-order valence-corrected chi connectivity index (χ2v) is 8.25. The number of hydrogen-bond donors (Lipinski definition) is 1. The summed E-state index contributed by atoms with van der Waals surface area (Å²) in [7, 11) is 0. The number of carboxylic acid groups (broad SMARTS) is 1. The Morgan fingerprint density at radius 3 is 2.53 bits per heavy atom. The minimum Gasteiger partial charge on any atom is -0.465 e. The van der Waals surface area contributed by atoms with Crippen LogP contribution in [-0.4, -0.2) is 47.0 Å². The van der Waals surface area contributed by atoms with Crippen LogP contribution in [0.1, 0.15) is 34.3 Å². The van der Waals surface area contributed by atoms with Crippen LogP contribution >= 0.6 is 15.9 Å². The number of carbonyl (C=O) groups is 3. The van der Waals surface area contributed by atoms with Gasteiger partial charge in [-0.05, 0) is 53.3 Å². The van der Waals surface area contributed by atoms with Gasteiger partial charge in [0.05, 0.1) is 13.2 Å². The van der Waals surface area contributed by atoms with Crippen LogP contribution in [0.2, 0.25) is 0 Å². The zero-order valence-electron chi connectivity index (χ0n) is 16.1. The highest BCUT2D eigenvalue weighted by atomic mass is 79.9. The number of hydrogen-bond acceptors (Lipinski definition) is 5. The van der Waals surface area contributed by atoms with E-state index >= 15 is 0 Å². The fraction of sp³-hybridized carbons (Fsp3) is 0.318. The third-order valence-corrected chi connectivity index (χ3v) is 5.91. The van der Waals surface area contributed by atoms with Crippen LogP contribution in [0.5, 0.6) is 0 Å². The smallest absolute Gasteiger partial charge is 0.408 e. The second kappa shape index (κ2) is 8.57. The molecule has 1 unspecified atom stereocenters. The standard InChI is InChI=1S/C22H20BrNO6/c23-16-4-6-18-15(9-16)11-29-10-14-8-13(3-5-17(14)18)20(25)12-30-21(26)19-2-1-7-24(19)22(27)28/h3-6,8-9,19H,1-2,7,10-12H2,(H,27,28). The van der Waals surface area contributed by atoms with Crippen molar-refractivity contribution in [3.8, 4) is 11.1 Å². The van der Waals surface area contributed by atoms with Gasteiger partial charge in [0.15, 0.2) is 12.4 Å². The molecule has 0 bridgehead atoms. The van der Waals surface area contributed by atoms with E-state index in [1.807, 2.05) is 24.3 Å². The lowest BCUT2D eigenvalue weighted by atomic mass is 9.94. The monoisotopic (exact) mass is 473 g/mol. The maximum atomic E-state index is 12.6. The number of fused-ring (bicyclic) bond motifs is 3. The molecule has 2 aliphatic heterocycles. The number of amides is 1. The summed E-state index contributed by atoms with van der Waals surface area (Å²) in [6.07, 6.45) is -0.146. The van der Waals surface area contributed by atoms with Crippen molar-refractivity contribution in [1.29, 1.82) is 0 Å². The fourth-order valence-electron chi connectivity index (χ4n) is 3.92.